The summed E-state index contributed by atoms with van der Waals surface area (Å²) in [7, 11) is 1.65. The van der Waals surface area contributed by atoms with Gasteiger partial charge in [-0.05, 0) is 18.7 Å². The van der Waals surface area contributed by atoms with Crippen molar-refractivity contribution in [3.05, 3.63) is 24.1 Å². The molecule has 0 bridgehead atoms. The third-order valence-electron chi connectivity index (χ3n) is 2.73. The summed E-state index contributed by atoms with van der Waals surface area (Å²) in [5, 5.41) is 3.29. The molecule has 4 heteroatoms. The van der Waals surface area contributed by atoms with E-state index in [1.165, 1.54) is 0 Å². The topological polar surface area (TPSA) is 47.3 Å². The van der Waals surface area contributed by atoms with Crippen molar-refractivity contribution in [2.75, 3.05) is 20.2 Å². The molecule has 17 heavy (non-hydrogen) atoms. The van der Waals surface area contributed by atoms with Crippen LogP contribution in [0.3, 0.4) is 0 Å². The molecule has 1 aromatic carbocycles. The van der Waals surface area contributed by atoms with Crippen molar-refractivity contribution in [1.82, 2.24) is 10.3 Å². The van der Waals surface area contributed by atoms with Crippen LogP contribution in [-0.2, 0) is 0 Å². The molecule has 0 saturated carbocycles. The van der Waals surface area contributed by atoms with Gasteiger partial charge in [-0.2, -0.15) is 0 Å². The molecule has 2 rings (SSSR count). The number of fused-ring (bicyclic) bond motifs is 1. The van der Waals surface area contributed by atoms with Crippen molar-refractivity contribution in [3.63, 3.8) is 0 Å². The summed E-state index contributed by atoms with van der Waals surface area (Å²) < 4.78 is 10.9. The zero-order valence-electron chi connectivity index (χ0n) is 10.5. The van der Waals surface area contributed by atoms with Crippen LogP contribution in [0, 0.1) is 0 Å². The van der Waals surface area contributed by atoms with Crippen molar-refractivity contribution in [2.24, 2.45) is 0 Å². The number of rotatable bonds is 5. The Kier molecular flexibility index (Phi) is 3.64. The van der Waals surface area contributed by atoms with Gasteiger partial charge in [0.05, 0.1) is 7.11 Å². The first-order chi connectivity index (χ1) is 8.24. The number of nitrogens with one attached hydrogen (secondary N) is 1. The van der Waals surface area contributed by atoms with Crippen molar-refractivity contribution < 1.29 is 9.15 Å². The highest BCUT2D eigenvalue weighted by Crippen LogP contribution is 2.24. The fourth-order valence-electron chi connectivity index (χ4n) is 1.71. The molecule has 0 fully saturated rings. The highest BCUT2D eigenvalue weighted by Gasteiger charge is 2.13. The van der Waals surface area contributed by atoms with Crippen LogP contribution < -0.4 is 10.1 Å². The van der Waals surface area contributed by atoms with Crippen LogP contribution in [0.2, 0.25) is 0 Å². The number of ether oxygens (including phenoxy) is 1. The first kappa shape index (κ1) is 11.9. The first-order valence-corrected chi connectivity index (χ1v) is 5.89. The quantitative estimate of drug-likeness (QED) is 0.863. The van der Waals surface area contributed by atoms with Gasteiger partial charge in [-0.3, -0.25) is 0 Å². The number of hydrogen-bond acceptors (Lipinski definition) is 4. The second-order valence-electron chi connectivity index (χ2n) is 4.09. The maximum absolute atomic E-state index is 5.74. The number of oxazole rings is 1. The van der Waals surface area contributed by atoms with Crippen LogP contribution in [-0.4, -0.2) is 25.2 Å². The van der Waals surface area contributed by atoms with Crippen LogP contribution in [0.15, 0.2) is 22.6 Å². The highest BCUT2D eigenvalue weighted by atomic mass is 16.5. The van der Waals surface area contributed by atoms with Gasteiger partial charge in [0.25, 0.3) is 0 Å². The summed E-state index contributed by atoms with van der Waals surface area (Å²) in [6, 6.07) is 5.68. The smallest absolute Gasteiger partial charge is 0.199 e. The lowest BCUT2D eigenvalue weighted by atomic mass is 10.2. The summed E-state index contributed by atoms with van der Waals surface area (Å²) in [4.78, 5) is 4.48. The van der Waals surface area contributed by atoms with E-state index in [1.807, 2.05) is 18.2 Å². The van der Waals surface area contributed by atoms with Gasteiger partial charge in [0.1, 0.15) is 11.3 Å². The molecule has 0 spiro atoms. The largest absolute Gasteiger partial charge is 0.497 e. The molecule has 0 aliphatic heterocycles. The molecule has 1 unspecified atom stereocenters. The second kappa shape index (κ2) is 5.19. The fourth-order valence-corrected chi connectivity index (χ4v) is 1.71. The molecule has 0 amide bonds. The normalized spacial score (nSPS) is 12.9. The van der Waals surface area contributed by atoms with Gasteiger partial charge in [0, 0.05) is 18.5 Å². The lowest BCUT2D eigenvalue weighted by Gasteiger charge is -2.06. The Balaban J connectivity index is 2.24. The minimum Gasteiger partial charge on any atom is -0.497 e. The molecule has 0 saturated heterocycles. The summed E-state index contributed by atoms with van der Waals surface area (Å²) in [5.74, 6) is 1.84. The van der Waals surface area contributed by atoms with Gasteiger partial charge in [-0.25, -0.2) is 4.98 Å². The monoisotopic (exact) mass is 234 g/mol. The highest BCUT2D eigenvalue weighted by molar-refractivity contribution is 5.74. The molecular weight excluding hydrogens is 216 g/mol. The molecule has 1 atom stereocenters. The van der Waals surface area contributed by atoms with Gasteiger partial charge >= 0.3 is 0 Å². The van der Waals surface area contributed by atoms with Crippen LogP contribution >= 0.6 is 0 Å². The van der Waals surface area contributed by atoms with Gasteiger partial charge in [0.2, 0.25) is 0 Å². The van der Waals surface area contributed by atoms with E-state index >= 15 is 0 Å². The Hall–Kier alpha value is -1.55. The molecule has 0 aliphatic carbocycles. The fraction of sp³-hybridized carbons (Fsp3) is 0.462. The van der Waals surface area contributed by atoms with E-state index in [4.69, 9.17) is 9.15 Å². The Labute approximate surface area is 101 Å². The van der Waals surface area contributed by atoms with Gasteiger partial charge < -0.3 is 14.5 Å². The van der Waals surface area contributed by atoms with E-state index < -0.39 is 0 Å². The van der Waals surface area contributed by atoms with E-state index in [-0.39, 0.29) is 5.92 Å². The van der Waals surface area contributed by atoms with Crippen LogP contribution in [0.1, 0.15) is 25.7 Å². The first-order valence-electron chi connectivity index (χ1n) is 5.89. The third kappa shape index (κ3) is 2.58. The van der Waals surface area contributed by atoms with Crippen molar-refractivity contribution in [3.8, 4) is 5.75 Å². The average Bonchev–Trinajstić information content (AvgIpc) is 2.78. The third-order valence-corrected chi connectivity index (χ3v) is 2.73. The zero-order valence-corrected chi connectivity index (χ0v) is 10.5. The number of hydrogen-bond donors (Lipinski definition) is 1. The van der Waals surface area contributed by atoms with Gasteiger partial charge in [-0.1, -0.05) is 13.8 Å². The zero-order chi connectivity index (χ0) is 12.3. The van der Waals surface area contributed by atoms with Crippen LogP contribution in [0.25, 0.3) is 11.1 Å². The van der Waals surface area contributed by atoms with Crippen molar-refractivity contribution in [2.45, 2.75) is 19.8 Å². The molecule has 1 aromatic heterocycles. The lowest BCUT2D eigenvalue weighted by molar-refractivity contribution is 0.413. The van der Waals surface area contributed by atoms with Gasteiger partial charge in [0.15, 0.2) is 11.5 Å². The van der Waals surface area contributed by atoms with E-state index in [9.17, 15) is 0 Å². The number of benzene rings is 1. The maximum atomic E-state index is 5.74. The molecule has 0 radical (unpaired) electrons. The van der Waals surface area contributed by atoms with Crippen molar-refractivity contribution >= 4 is 11.1 Å². The number of likely N-dealkylation sites (N-methyl/N-ethyl adjacent to an activating group) is 1. The van der Waals surface area contributed by atoms with Crippen LogP contribution in [0.5, 0.6) is 5.75 Å². The molecular formula is C13H18N2O2. The Morgan fingerprint density at radius 1 is 1.47 bits per heavy atom. The van der Waals surface area contributed by atoms with Crippen molar-refractivity contribution in [1.29, 1.82) is 0 Å². The number of nitrogens with zero attached hydrogens (tertiary/aromatic N) is 1. The Morgan fingerprint density at radius 2 is 2.29 bits per heavy atom. The van der Waals surface area contributed by atoms with E-state index in [0.29, 0.717) is 0 Å². The number of methoxy groups -OCH3 is 1. The summed E-state index contributed by atoms with van der Waals surface area (Å²) >= 11 is 0. The minimum absolute atomic E-state index is 0.272. The predicted octanol–water partition coefficient (Wildman–Crippen LogP) is 2.55. The number of aromatic nitrogens is 1. The van der Waals surface area contributed by atoms with E-state index in [0.717, 1.165) is 35.8 Å². The average molecular weight is 234 g/mol. The minimum atomic E-state index is 0.272. The molecule has 2 aromatic rings. The SMILES string of the molecule is CCNCC(C)c1nc2ccc(OC)cc2o1. The molecule has 0 aliphatic rings. The summed E-state index contributed by atoms with van der Waals surface area (Å²) in [6.07, 6.45) is 0. The molecule has 4 nitrogen and oxygen atoms in total. The standard InChI is InChI=1S/C13H18N2O2/c1-4-14-8-9(2)13-15-11-6-5-10(16-3)7-12(11)17-13/h5-7,9,14H,4,8H2,1-3H3. The predicted molar refractivity (Wildman–Crippen MR) is 67.5 cm³/mol. The maximum Gasteiger partial charge on any atom is 0.199 e. The second-order valence-corrected chi connectivity index (χ2v) is 4.09. The Bertz CT molecular complexity index is 493. The molecule has 1 heterocycles. The Morgan fingerprint density at radius 3 is 3.00 bits per heavy atom. The van der Waals surface area contributed by atoms with Crippen LogP contribution in [0.4, 0.5) is 0 Å². The molecule has 92 valence electrons. The van der Waals surface area contributed by atoms with Gasteiger partial charge in [-0.15, -0.1) is 0 Å². The summed E-state index contributed by atoms with van der Waals surface area (Å²) in [6.45, 7) is 6.02. The van der Waals surface area contributed by atoms with E-state index in [1.54, 1.807) is 7.11 Å². The molecule has 1 N–H and O–H groups in total. The summed E-state index contributed by atoms with van der Waals surface area (Å²) in [5.41, 5.74) is 1.66. The van der Waals surface area contributed by atoms with E-state index in [2.05, 4.69) is 24.1 Å². The lowest BCUT2D eigenvalue weighted by Crippen LogP contribution is -2.19.